The Balaban J connectivity index is 1.78. The van der Waals surface area contributed by atoms with E-state index in [1.807, 2.05) is 6.07 Å². The van der Waals surface area contributed by atoms with Crippen molar-refractivity contribution in [1.29, 1.82) is 0 Å². The number of alkyl halides is 2. The Morgan fingerprint density at radius 1 is 1.00 bits per heavy atom. The van der Waals surface area contributed by atoms with Crippen LogP contribution < -0.4 is 15.0 Å². The number of aromatic hydroxyl groups is 1. The van der Waals surface area contributed by atoms with Gasteiger partial charge in [0.2, 0.25) is 0 Å². The van der Waals surface area contributed by atoms with Crippen molar-refractivity contribution >= 4 is 17.3 Å². The number of rotatable bonds is 4. The molecule has 0 aliphatic carbocycles. The molecule has 0 bridgehead atoms. The molecule has 2 N–H and O–H groups in total. The van der Waals surface area contributed by atoms with Crippen LogP contribution in [0.5, 0.6) is 11.5 Å². The van der Waals surface area contributed by atoms with Crippen molar-refractivity contribution in [2.75, 3.05) is 10.2 Å². The minimum absolute atomic E-state index is 0.00507. The molecule has 142 valence electrons. The fourth-order valence-corrected chi connectivity index (χ4v) is 3.24. The van der Waals surface area contributed by atoms with Gasteiger partial charge in [0.15, 0.2) is 0 Å². The molecule has 0 spiro atoms. The second-order valence-corrected chi connectivity index (χ2v) is 6.24. The van der Waals surface area contributed by atoms with Gasteiger partial charge in [0.25, 0.3) is 5.91 Å². The third-order valence-corrected chi connectivity index (χ3v) is 4.45. The Hall–Kier alpha value is -3.61. The van der Waals surface area contributed by atoms with Crippen molar-refractivity contribution in [3.63, 3.8) is 0 Å². The lowest BCUT2D eigenvalue weighted by Crippen LogP contribution is -2.43. The summed E-state index contributed by atoms with van der Waals surface area (Å²) in [6, 6.07) is 19.6. The quantitative estimate of drug-likeness (QED) is 0.683. The van der Waals surface area contributed by atoms with Gasteiger partial charge in [0.1, 0.15) is 17.7 Å². The summed E-state index contributed by atoms with van der Waals surface area (Å²) in [4.78, 5) is 14.7. The molecular weight excluding hydrogens is 366 g/mol. The smallest absolute Gasteiger partial charge is 0.387 e. The molecule has 1 heterocycles. The summed E-state index contributed by atoms with van der Waals surface area (Å²) in [6.45, 7) is -2.92. The maximum atomic E-state index is 13.2. The van der Waals surface area contributed by atoms with Gasteiger partial charge in [-0.3, -0.25) is 9.69 Å². The number of carbonyl (C=O) groups excluding carboxylic acids is 1. The number of phenolic OH excluding ortho intramolecular Hbond substituents is 1. The highest BCUT2D eigenvalue weighted by atomic mass is 19.3. The second-order valence-electron chi connectivity index (χ2n) is 6.24. The fourth-order valence-electron chi connectivity index (χ4n) is 3.24. The Morgan fingerprint density at radius 3 is 2.46 bits per heavy atom. The number of para-hydroxylation sites is 1. The van der Waals surface area contributed by atoms with Crippen molar-refractivity contribution < 1.29 is 23.4 Å². The Morgan fingerprint density at radius 2 is 1.75 bits per heavy atom. The number of halogens is 2. The molecule has 1 atom stereocenters. The van der Waals surface area contributed by atoms with Gasteiger partial charge >= 0.3 is 6.61 Å². The van der Waals surface area contributed by atoms with E-state index in [2.05, 4.69) is 10.1 Å². The molecule has 0 saturated heterocycles. The van der Waals surface area contributed by atoms with Crippen molar-refractivity contribution in [3.8, 4) is 11.5 Å². The molecule has 3 aromatic rings. The van der Waals surface area contributed by atoms with E-state index < -0.39 is 12.8 Å². The molecule has 5 nitrogen and oxygen atoms in total. The zero-order valence-corrected chi connectivity index (χ0v) is 14.5. The van der Waals surface area contributed by atoms with Crippen LogP contribution in [-0.2, 0) is 0 Å². The molecule has 3 aromatic carbocycles. The summed E-state index contributed by atoms with van der Waals surface area (Å²) >= 11 is 0. The number of hydrogen-bond donors (Lipinski definition) is 2. The van der Waals surface area contributed by atoms with Crippen molar-refractivity contribution in [2.45, 2.75) is 12.8 Å². The first-order valence-corrected chi connectivity index (χ1v) is 8.56. The number of phenols is 1. The summed E-state index contributed by atoms with van der Waals surface area (Å²) in [7, 11) is 0. The highest BCUT2D eigenvalue weighted by Crippen LogP contribution is 2.37. The van der Waals surface area contributed by atoms with Crippen molar-refractivity contribution in [1.82, 2.24) is 0 Å². The Kier molecular flexibility index (Phi) is 4.57. The predicted octanol–water partition coefficient (Wildman–Crippen LogP) is 4.76. The van der Waals surface area contributed by atoms with E-state index in [4.69, 9.17) is 0 Å². The van der Waals surface area contributed by atoms with Crippen LogP contribution in [0.4, 0.5) is 20.2 Å². The molecule has 1 aliphatic rings. The van der Waals surface area contributed by atoms with Crippen LogP contribution in [-0.4, -0.2) is 17.6 Å². The Labute approximate surface area is 159 Å². The predicted molar refractivity (Wildman–Crippen MR) is 101 cm³/mol. The summed E-state index contributed by atoms with van der Waals surface area (Å²) in [5, 5.41) is 13.2. The van der Waals surface area contributed by atoms with Gasteiger partial charge in [-0.1, -0.05) is 24.3 Å². The highest BCUT2D eigenvalue weighted by molar-refractivity contribution is 6.12. The van der Waals surface area contributed by atoms with Gasteiger partial charge in [-0.25, -0.2) is 0 Å². The molecule has 0 saturated carbocycles. The van der Waals surface area contributed by atoms with E-state index in [-0.39, 0.29) is 17.4 Å². The number of carbonyl (C=O) groups is 1. The third kappa shape index (κ3) is 3.34. The number of ether oxygens (including phenoxy) is 1. The molecular formula is C21H16F2N2O3. The van der Waals surface area contributed by atoms with Gasteiger partial charge in [0.05, 0.1) is 5.56 Å². The summed E-state index contributed by atoms with van der Waals surface area (Å²) in [5.74, 6) is -0.165. The standard InChI is InChI=1S/C21H16F2N2O3/c22-21(23)28-16-10-8-14(9-11-16)25-19(13-4-3-5-15(26)12-13)24-18-7-2-1-6-17(18)20(25)27/h1-12,19,21,24,26H/t19-/m0/s1. The maximum Gasteiger partial charge on any atom is 0.387 e. The number of fused-ring (bicyclic) bond motifs is 1. The molecule has 28 heavy (non-hydrogen) atoms. The second kappa shape index (κ2) is 7.19. The molecule has 0 unspecified atom stereocenters. The van der Waals surface area contributed by atoms with Crippen LogP contribution >= 0.6 is 0 Å². The van der Waals surface area contributed by atoms with Crippen LogP contribution in [0.1, 0.15) is 22.1 Å². The molecule has 0 radical (unpaired) electrons. The molecule has 1 amide bonds. The van der Waals surface area contributed by atoms with Crippen LogP contribution in [0.15, 0.2) is 72.8 Å². The van der Waals surface area contributed by atoms with Gasteiger partial charge in [0, 0.05) is 11.4 Å². The minimum Gasteiger partial charge on any atom is -0.508 e. The van der Waals surface area contributed by atoms with E-state index >= 15 is 0 Å². The van der Waals surface area contributed by atoms with Crippen molar-refractivity contribution in [2.24, 2.45) is 0 Å². The number of nitrogens with zero attached hydrogens (tertiary/aromatic N) is 1. The van der Waals surface area contributed by atoms with E-state index in [9.17, 15) is 18.7 Å². The minimum atomic E-state index is -2.92. The zero-order chi connectivity index (χ0) is 19.7. The van der Waals surface area contributed by atoms with Gasteiger partial charge in [-0.2, -0.15) is 8.78 Å². The van der Waals surface area contributed by atoms with Crippen LogP contribution in [0.2, 0.25) is 0 Å². The van der Waals surface area contributed by atoms with Gasteiger partial charge in [-0.15, -0.1) is 0 Å². The monoisotopic (exact) mass is 382 g/mol. The molecule has 7 heteroatoms. The topological polar surface area (TPSA) is 61.8 Å². The van der Waals surface area contributed by atoms with Gasteiger partial charge < -0.3 is 15.2 Å². The summed E-state index contributed by atoms with van der Waals surface area (Å²) in [6.07, 6.45) is -0.587. The lowest BCUT2D eigenvalue weighted by atomic mass is 10.0. The normalized spacial score (nSPS) is 15.9. The van der Waals surface area contributed by atoms with E-state index in [0.29, 0.717) is 22.5 Å². The van der Waals surface area contributed by atoms with E-state index in [1.165, 1.54) is 17.0 Å². The first-order chi connectivity index (χ1) is 13.5. The fraction of sp³-hybridized carbons (Fsp3) is 0.0952. The van der Waals surface area contributed by atoms with E-state index in [1.54, 1.807) is 54.6 Å². The molecule has 0 fully saturated rings. The molecule has 1 aliphatic heterocycles. The number of nitrogens with one attached hydrogen (secondary N) is 1. The number of benzene rings is 3. The first-order valence-electron chi connectivity index (χ1n) is 8.56. The van der Waals surface area contributed by atoms with Crippen LogP contribution in [0, 0.1) is 0 Å². The lowest BCUT2D eigenvalue weighted by Gasteiger charge is -2.38. The maximum absolute atomic E-state index is 13.2. The number of hydrogen-bond acceptors (Lipinski definition) is 4. The molecule has 0 aromatic heterocycles. The number of anilines is 2. The van der Waals surface area contributed by atoms with Gasteiger partial charge in [-0.05, 0) is 54.1 Å². The lowest BCUT2D eigenvalue weighted by molar-refractivity contribution is -0.0498. The average Bonchev–Trinajstić information content (AvgIpc) is 2.68. The third-order valence-electron chi connectivity index (χ3n) is 4.45. The highest BCUT2D eigenvalue weighted by Gasteiger charge is 2.34. The van der Waals surface area contributed by atoms with Crippen LogP contribution in [0.3, 0.4) is 0 Å². The Bertz CT molecular complexity index is 1010. The zero-order valence-electron chi connectivity index (χ0n) is 14.5. The number of amides is 1. The van der Waals surface area contributed by atoms with Crippen LogP contribution in [0.25, 0.3) is 0 Å². The molecule has 4 rings (SSSR count). The van der Waals surface area contributed by atoms with E-state index in [0.717, 1.165) is 0 Å². The summed E-state index contributed by atoms with van der Waals surface area (Å²) in [5.41, 5.74) is 2.35. The van der Waals surface area contributed by atoms with Crippen molar-refractivity contribution in [3.05, 3.63) is 83.9 Å². The summed E-state index contributed by atoms with van der Waals surface area (Å²) < 4.78 is 29.2. The largest absolute Gasteiger partial charge is 0.508 e. The average molecular weight is 382 g/mol. The SMILES string of the molecule is O=C1c2ccccc2N[C@H](c2cccc(O)c2)N1c1ccc(OC(F)F)cc1. The first kappa shape index (κ1) is 17.8.